The number of aliphatic hydroxyl groups excluding tert-OH is 1. The third kappa shape index (κ3) is 3.53. The van der Waals surface area contributed by atoms with E-state index in [9.17, 15) is 5.11 Å². The maximum absolute atomic E-state index is 9.94. The predicted octanol–water partition coefficient (Wildman–Crippen LogP) is 2.09. The molecule has 2 rings (SSSR count). The summed E-state index contributed by atoms with van der Waals surface area (Å²) in [5.41, 5.74) is 2.24. The zero-order valence-corrected chi connectivity index (χ0v) is 10.3. The summed E-state index contributed by atoms with van der Waals surface area (Å²) in [6.07, 6.45) is 1.87. The molecule has 0 amide bonds. The summed E-state index contributed by atoms with van der Waals surface area (Å²) in [6.45, 7) is 3.82. The molecule has 0 saturated carbocycles. The highest BCUT2D eigenvalue weighted by molar-refractivity contribution is 5.24. The largest absolute Gasteiger partial charge is 0.386 e. The highest BCUT2D eigenvalue weighted by Crippen LogP contribution is 2.17. The van der Waals surface area contributed by atoms with Crippen LogP contribution >= 0.6 is 0 Å². The Kier molecular flexibility index (Phi) is 4.54. The van der Waals surface area contributed by atoms with E-state index in [0.29, 0.717) is 19.8 Å². The number of hydrogen-bond acceptors (Lipinski definition) is 3. The van der Waals surface area contributed by atoms with Crippen LogP contribution in [0.15, 0.2) is 24.3 Å². The van der Waals surface area contributed by atoms with Crippen molar-refractivity contribution < 1.29 is 14.6 Å². The molecule has 1 unspecified atom stereocenters. The van der Waals surface area contributed by atoms with Gasteiger partial charge >= 0.3 is 0 Å². The summed E-state index contributed by atoms with van der Waals surface area (Å²) >= 11 is 0. The van der Waals surface area contributed by atoms with Gasteiger partial charge in [-0.05, 0) is 17.5 Å². The van der Waals surface area contributed by atoms with E-state index in [2.05, 4.69) is 19.1 Å². The van der Waals surface area contributed by atoms with Gasteiger partial charge in [0.05, 0.1) is 19.8 Å². The molecule has 0 aromatic heterocycles. The predicted molar refractivity (Wildman–Crippen MR) is 66.0 cm³/mol. The van der Waals surface area contributed by atoms with Crippen molar-refractivity contribution in [2.24, 2.45) is 0 Å². The second-order valence-corrected chi connectivity index (χ2v) is 4.50. The molecule has 3 nitrogen and oxygen atoms in total. The normalized spacial score (nSPS) is 17.8. The van der Waals surface area contributed by atoms with Gasteiger partial charge in [0.1, 0.15) is 12.2 Å². The molecule has 0 aliphatic carbocycles. The highest BCUT2D eigenvalue weighted by atomic mass is 16.6. The van der Waals surface area contributed by atoms with Crippen molar-refractivity contribution >= 4 is 0 Å². The highest BCUT2D eigenvalue weighted by Gasteiger charge is 2.20. The van der Waals surface area contributed by atoms with E-state index in [1.54, 1.807) is 0 Å². The molecule has 94 valence electrons. The second kappa shape index (κ2) is 6.15. The Balaban J connectivity index is 1.82. The Hall–Kier alpha value is -0.900. The third-order valence-electron chi connectivity index (χ3n) is 3.00. The van der Waals surface area contributed by atoms with Crippen LogP contribution in [0.4, 0.5) is 0 Å². The number of ether oxygens (including phenoxy) is 2. The van der Waals surface area contributed by atoms with Crippen molar-refractivity contribution in [3.8, 4) is 0 Å². The zero-order valence-electron chi connectivity index (χ0n) is 10.3. The molecular formula is C14H20O3. The average molecular weight is 236 g/mol. The fourth-order valence-corrected chi connectivity index (χ4v) is 1.83. The third-order valence-corrected chi connectivity index (χ3v) is 3.00. The van der Waals surface area contributed by atoms with E-state index in [-0.39, 0.29) is 6.10 Å². The summed E-state index contributed by atoms with van der Waals surface area (Å²) in [7, 11) is 0. The first kappa shape index (κ1) is 12.6. The maximum atomic E-state index is 9.94. The van der Waals surface area contributed by atoms with E-state index >= 15 is 0 Å². The number of hydrogen-bond donors (Lipinski definition) is 1. The molecule has 1 saturated heterocycles. The van der Waals surface area contributed by atoms with E-state index in [1.807, 2.05) is 12.1 Å². The van der Waals surface area contributed by atoms with Crippen LogP contribution in [0.2, 0.25) is 0 Å². The topological polar surface area (TPSA) is 38.7 Å². The van der Waals surface area contributed by atoms with Crippen molar-refractivity contribution in [1.29, 1.82) is 0 Å². The van der Waals surface area contributed by atoms with Crippen LogP contribution in [0.3, 0.4) is 0 Å². The Morgan fingerprint density at radius 1 is 1.35 bits per heavy atom. The smallest absolute Gasteiger partial charge is 0.104 e. The Morgan fingerprint density at radius 3 is 2.59 bits per heavy atom. The minimum absolute atomic E-state index is 0.170. The van der Waals surface area contributed by atoms with Crippen LogP contribution in [-0.4, -0.2) is 31.0 Å². The summed E-state index contributed by atoms with van der Waals surface area (Å²) < 4.78 is 10.5. The maximum Gasteiger partial charge on any atom is 0.104 e. The zero-order chi connectivity index (χ0) is 12.1. The molecule has 1 aromatic carbocycles. The molecule has 0 spiro atoms. The Labute approximate surface area is 102 Å². The monoisotopic (exact) mass is 236 g/mol. The van der Waals surface area contributed by atoms with Crippen LogP contribution < -0.4 is 0 Å². The fraction of sp³-hybridized carbons (Fsp3) is 0.571. The minimum atomic E-state index is -0.536. The number of aryl methyl sites for hydroxylation is 1. The molecule has 17 heavy (non-hydrogen) atoms. The molecule has 1 aliphatic rings. The van der Waals surface area contributed by atoms with Crippen molar-refractivity contribution in [2.75, 3.05) is 19.8 Å². The van der Waals surface area contributed by atoms with Crippen molar-refractivity contribution in [3.05, 3.63) is 35.4 Å². The molecule has 1 N–H and O–H groups in total. The van der Waals surface area contributed by atoms with Gasteiger partial charge in [-0.3, -0.25) is 0 Å². The Morgan fingerprint density at radius 2 is 2.06 bits per heavy atom. The first-order chi connectivity index (χ1) is 8.29. The van der Waals surface area contributed by atoms with Crippen LogP contribution in [0.1, 0.15) is 30.6 Å². The minimum Gasteiger partial charge on any atom is -0.386 e. The van der Waals surface area contributed by atoms with Gasteiger partial charge in [-0.25, -0.2) is 0 Å². The lowest BCUT2D eigenvalue weighted by Crippen LogP contribution is -2.37. The molecule has 3 heteroatoms. The van der Waals surface area contributed by atoms with E-state index < -0.39 is 6.10 Å². The summed E-state index contributed by atoms with van der Waals surface area (Å²) in [5, 5.41) is 9.94. The molecule has 0 bridgehead atoms. The van der Waals surface area contributed by atoms with Crippen LogP contribution in [0, 0.1) is 0 Å². The SMILES string of the molecule is CCCc1ccc(C(O)COC2COC2)cc1. The molecular weight excluding hydrogens is 216 g/mol. The standard InChI is InChI=1S/C14H20O3/c1-2-3-11-4-6-12(7-5-11)14(15)10-17-13-8-16-9-13/h4-7,13-15H,2-3,8-10H2,1H3. The number of aliphatic hydroxyl groups is 1. The van der Waals surface area contributed by atoms with Gasteiger partial charge in [-0.15, -0.1) is 0 Å². The Bertz CT molecular complexity index is 330. The van der Waals surface area contributed by atoms with Crippen molar-refractivity contribution in [3.63, 3.8) is 0 Å². The van der Waals surface area contributed by atoms with Gasteiger partial charge in [0.15, 0.2) is 0 Å². The number of benzene rings is 1. The van der Waals surface area contributed by atoms with E-state index in [1.165, 1.54) is 5.56 Å². The molecule has 1 aliphatic heterocycles. The first-order valence-corrected chi connectivity index (χ1v) is 6.26. The summed E-state index contributed by atoms with van der Waals surface area (Å²) in [6, 6.07) is 8.12. The van der Waals surface area contributed by atoms with Crippen LogP contribution in [0.5, 0.6) is 0 Å². The van der Waals surface area contributed by atoms with Gasteiger partial charge in [0, 0.05) is 0 Å². The second-order valence-electron chi connectivity index (χ2n) is 4.50. The average Bonchev–Trinajstić information content (AvgIpc) is 2.28. The van der Waals surface area contributed by atoms with Crippen molar-refractivity contribution in [1.82, 2.24) is 0 Å². The van der Waals surface area contributed by atoms with Gasteiger partial charge in [-0.2, -0.15) is 0 Å². The quantitative estimate of drug-likeness (QED) is 0.822. The molecule has 1 heterocycles. The van der Waals surface area contributed by atoms with E-state index in [4.69, 9.17) is 9.47 Å². The van der Waals surface area contributed by atoms with Crippen LogP contribution in [0.25, 0.3) is 0 Å². The van der Waals surface area contributed by atoms with Gasteiger partial charge in [-0.1, -0.05) is 37.6 Å². The van der Waals surface area contributed by atoms with Crippen molar-refractivity contribution in [2.45, 2.75) is 32.0 Å². The lowest BCUT2D eigenvalue weighted by molar-refractivity contribution is -0.143. The number of rotatable bonds is 6. The van der Waals surface area contributed by atoms with Crippen LogP contribution in [-0.2, 0) is 15.9 Å². The molecule has 1 aromatic rings. The van der Waals surface area contributed by atoms with Gasteiger partial charge in [0.2, 0.25) is 0 Å². The molecule has 1 fully saturated rings. The molecule has 0 radical (unpaired) electrons. The van der Waals surface area contributed by atoms with Gasteiger partial charge in [0.25, 0.3) is 0 Å². The first-order valence-electron chi connectivity index (χ1n) is 6.26. The lowest BCUT2D eigenvalue weighted by Gasteiger charge is -2.27. The summed E-state index contributed by atoms with van der Waals surface area (Å²) in [5.74, 6) is 0. The van der Waals surface area contributed by atoms with E-state index in [0.717, 1.165) is 18.4 Å². The summed E-state index contributed by atoms with van der Waals surface area (Å²) in [4.78, 5) is 0. The lowest BCUT2D eigenvalue weighted by atomic mass is 10.0. The fourth-order valence-electron chi connectivity index (χ4n) is 1.83. The van der Waals surface area contributed by atoms with Gasteiger partial charge < -0.3 is 14.6 Å². The molecule has 1 atom stereocenters.